The van der Waals surface area contributed by atoms with Crippen LogP contribution in [0.5, 0.6) is 11.5 Å². The fourth-order valence-corrected chi connectivity index (χ4v) is 6.19. The molecule has 0 unspecified atom stereocenters. The lowest BCUT2D eigenvalue weighted by Crippen LogP contribution is -2.65. The molecule has 0 aliphatic rings. The number of benzene rings is 2. The number of carbonyl (C=O) groups is 14. The largest absolute Gasteiger partial charge is 0.870 e. The number of urea groups is 2. The number of aromatic hydroxyl groups is 2. The predicted octanol–water partition coefficient (Wildman–Crippen LogP) is -9.84. The number of primary amides is 2. The van der Waals surface area contributed by atoms with Crippen molar-refractivity contribution in [2.75, 3.05) is 141 Å². The number of carbonyl (C=O) groups excluding carboxylic acids is 14. The summed E-state index contributed by atoms with van der Waals surface area (Å²) in [6.45, 7) is 27.1. The summed E-state index contributed by atoms with van der Waals surface area (Å²) in [5.41, 5.74) is 23.7. The number of aromatic nitrogens is 6. The average molecular weight is 1990 g/mol. The Morgan fingerprint density at radius 2 is 0.632 bits per heavy atom. The normalized spacial score (nSPS) is 9.24. The molecule has 46 N–H and O–H groups in total. The Kier molecular flexibility index (Phi) is 135. The summed E-state index contributed by atoms with van der Waals surface area (Å²) in [7, 11) is 3.00. The molecule has 0 fully saturated rings. The Morgan fingerprint density at radius 1 is 0.390 bits per heavy atom. The fourth-order valence-electron chi connectivity index (χ4n) is 6.19. The molecule has 2 aromatic carbocycles. The molecule has 2 heterocycles. The molecule has 0 saturated carbocycles. The summed E-state index contributed by atoms with van der Waals surface area (Å²) in [5, 5.41) is 188. The third kappa shape index (κ3) is 96.2. The number of nitrogens with zero attached hydrogens (tertiary/aromatic N) is 7. The zero-order valence-electron chi connectivity index (χ0n) is 79.2. The Balaban J connectivity index is -0.0000000612. The number of para-hydroxylation sites is 2. The van der Waals surface area contributed by atoms with Gasteiger partial charge in [0.25, 0.3) is 0 Å². The van der Waals surface area contributed by atoms with Crippen LogP contribution in [0.4, 0.5) is 45.3 Å². The van der Waals surface area contributed by atoms with Gasteiger partial charge in [0.05, 0.1) is 100 Å². The molecule has 8 amide bonds. The molecule has 0 aliphatic heterocycles. The first-order valence-electron chi connectivity index (χ1n) is 36.6. The van der Waals surface area contributed by atoms with Crippen LogP contribution in [-0.2, 0) is 70.7 Å². The standard InChI is InChI=1S/C15H29N3O5.C13H25N3O3.C8H10O3.C7H14O5.C6H12N6O3.C6H6O.C3H6N6.C3H8N2O3.C3H6O.C2H6O2.CH4N2O.3CH4O.4CH2O.CH4.5H2O/c1-10(21)13(2,3)16-11(22)14(4,5)17-12(23)15(6,7)18(8-19)9-20;1-8(17)12(4,5)16-10(19)13(6,7)15-9(18)11(2,3)14;9-4-6-2-1-3-7(5-10)8(6)11;8-1-5(2-9)7(12)6(3-10)4-11;13-1-7-4-10-5(8-2-14)12-6(11-4)9-3-15;7-6-4-2-1-3-5-6;4-1-7-2(5)9-3(6)8-1;6-1-4-3(8)5-2-7;1-3(2)4;3-1-2-4;2-1(3)4;7*1-2;;;;;;/h19-20H,8-9H2,1-7H3,(H,16,22)(H,17,23);14H2,1-7H3,(H,15,18)(H,16,19);1-3,9-11H,4-5H2;5-6,8-11H,1-4H2;13-15H,1-3H2,(H3,7,8,9,10,11,12);1-5,7H;(H6,4,5,6,7,8,9);6-7H,1-2H2,(H2,4,5,8);1-2H3;3-4H,1-2H2;(H4,2,3,4);3*2H,1H3;4*1H2;1H4;5*1H2/p-5. The number of Topliss-reactive ketones (excluding diaryl/α,β-unsaturated/α-hetero) is 4. The van der Waals surface area contributed by atoms with Crippen molar-refractivity contribution in [1.82, 2.24) is 66.7 Å². The number of rotatable bonds is 30. The second-order valence-electron chi connectivity index (χ2n) is 26.1. The first-order valence-corrected chi connectivity index (χ1v) is 36.6. The van der Waals surface area contributed by atoms with Crippen molar-refractivity contribution < 1.29 is 197 Å². The van der Waals surface area contributed by atoms with Crippen LogP contribution in [0.1, 0.15) is 129 Å². The summed E-state index contributed by atoms with van der Waals surface area (Å²) in [6.07, 6.45) is 0. The zero-order chi connectivity index (χ0) is 106. The number of amides is 8. The maximum atomic E-state index is 12.4. The molecule has 4 aromatic rings. The second kappa shape index (κ2) is 106. The molecular weight excluding hydrogens is 1830 g/mol. The minimum absolute atomic E-state index is 0. The van der Waals surface area contributed by atoms with Crippen molar-refractivity contribution in [1.29, 1.82) is 0 Å². The Morgan fingerprint density at radius 3 is 0.816 bits per heavy atom. The second-order valence-corrected chi connectivity index (χ2v) is 26.1. The fraction of sp³-hybridized carbons (Fsp3) is 0.573. The summed E-state index contributed by atoms with van der Waals surface area (Å²) >= 11 is 0. The molecular formula is C75H155N22O39-5. The molecule has 61 heteroatoms. The van der Waals surface area contributed by atoms with Crippen LogP contribution in [0.2, 0.25) is 0 Å². The molecule has 804 valence electrons. The van der Waals surface area contributed by atoms with Crippen LogP contribution >= 0.6 is 0 Å². The summed E-state index contributed by atoms with van der Waals surface area (Å²) in [5.74, 6) is -3.63. The van der Waals surface area contributed by atoms with E-state index in [1.807, 2.05) is 43.9 Å². The van der Waals surface area contributed by atoms with Crippen molar-refractivity contribution in [3.8, 4) is 11.5 Å². The lowest BCUT2D eigenvalue weighted by molar-refractivity contribution is -0.144. The van der Waals surface area contributed by atoms with Crippen molar-refractivity contribution in [2.24, 2.45) is 29.0 Å². The maximum absolute atomic E-state index is 12.4. The Hall–Kier alpha value is -12.4. The van der Waals surface area contributed by atoms with E-state index < -0.39 is 140 Å². The molecule has 61 nitrogen and oxygen atoms in total. The average Bonchev–Trinajstić information content (AvgIpc) is 0.808. The Labute approximate surface area is 788 Å². The quantitative estimate of drug-likeness (QED) is 0.0216. The number of phenols is 2. The van der Waals surface area contributed by atoms with Gasteiger partial charge in [0.2, 0.25) is 59.3 Å². The number of nitrogens with two attached hydrogens (primary N) is 6. The number of nitrogens with one attached hydrogen (secondary N) is 9. The van der Waals surface area contributed by atoms with Crippen molar-refractivity contribution in [2.45, 2.75) is 165 Å². The SMILES string of the molecule is C.C=O.C=O.C=O.C=O.CC(=O)C(C)(C)NC(=O)C(C)(C)NC(=O)C(C)(C)N.CC(=O)C(C)(C)NC(=O)C(C)(C)NC(=O)C(C)(C)N(CO)CO.CC(C)=O.CO.CO.CO.NC(N)=O.Nc1nc(N)nc(N)n1.O=C(C(CO)CO)C(CO)CO.O=C(NCO)NCO.OCCO.OCNc1nc(NCO)nc(NCO)n1.OCc1cccc(CO)c1O.Oc1ccccc1.[OH-].[OH-].[OH-].[OH-].[OH-]. The number of aliphatic hydroxyl groups is 18. The van der Waals surface area contributed by atoms with E-state index in [0.717, 1.165) is 26.2 Å². The number of ketones is 4. The van der Waals surface area contributed by atoms with E-state index in [9.17, 15) is 58.5 Å². The zero-order valence-corrected chi connectivity index (χ0v) is 79.2. The number of hydrogen-bond acceptors (Lipinski definition) is 53. The first-order chi connectivity index (χ1) is 60.5. The van der Waals surface area contributed by atoms with Gasteiger partial charge in [0.1, 0.15) is 95.0 Å². The molecule has 0 spiro atoms. The highest BCUT2D eigenvalue weighted by Crippen LogP contribution is 2.22. The van der Waals surface area contributed by atoms with Gasteiger partial charge in [0, 0.05) is 32.5 Å². The minimum atomic E-state index is -1.28. The molecule has 0 bridgehead atoms. The van der Waals surface area contributed by atoms with E-state index in [1.165, 1.54) is 55.4 Å². The van der Waals surface area contributed by atoms with Gasteiger partial charge in [0.15, 0.2) is 11.6 Å². The molecule has 0 saturated heterocycles. The van der Waals surface area contributed by atoms with Crippen LogP contribution in [-0.4, -0.2) is 392 Å². The van der Waals surface area contributed by atoms with Gasteiger partial charge in [-0.1, -0.05) is 43.8 Å². The highest BCUT2D eigenvalue weighted by atomic mass is 16.3. The lowest BCUT2D eigenvalue weighted by Gasteiger charge is -2.38. The highest BCUT2D eigenvalue weighted by molar-refractivity contribution is 5.98. The summed E-state index contributed by atoms with van der Waals surface area (Å²) in [6, 6.07) is 12.2. The minimum Gasteiger partial charge on any atom is -0.870 e. The van der Waals surface area contributed by atoms with Gasteiger partial charge >= 0.3 is 12.1 Å². The predicted molar refractivity (Wildman–Crippen MR) is 491 cm³/mol. The van der Waals surface area contributed by atoms with Crippen LogP contribution in [0.15, 0.2) is 48.5 Å². The number of aliphatic hydroxyl groups excluding tert-OH is 18. The molecule has 136 heavy (non-hydrogen) atoms. The van der Waals surface area contributed by atoms with E-state index in [2.05, 4.69) is 78.6 Å². The summed E-state index contributed by atoms with van der Waals surface area (Å²) < 4.78 is 0. The highest BCUT2D eigenvalue weighted by Gasteiger charge is 2.42. The van der Waals surface area contributed by atoms with Crippen LogP contribution in [0.3, 0.4) is 0 Å². The van der Waals surface area contributed by atoms with Gasteiger partial charge in [-0.15, -0.1) is 0 Å². The molecule has 0 atom stereocenters. The van der Waals surface area contributed by atoms with Gasteiger partial charge in [-0.2, -0.15) is 29.9 Å². The summed E-state index contributed by atoms with van der Waals surface area (Å²) in [4.78, 5) is 166. The third-order valence-corrected chi connectivity index (χ3v) is 13.5. The van der Waals surface area contributed by atoms with Crippen molar-refractivity contribution >= 4 is 122 Å². The van der Waals surface area contributed by atoms with E-state index in [1.54, 1.807) is 97.9 Å². The maximum Gasteiger partial charge on any atom is 0.318 e. The topological polar surface area (TPSA) is 1140 Å². The van der Waals surface area contributed by atoms with E-state index in [4.69, 9.17) is 134 Å². The van der Waals surface area contributed by atoms with Crippen LogP contribution < -0.4 is 82.3 Å². The van der Waals surface area contributed by atoms with Gasteiger partial charge < -0.3 is 236 Å². The van der Waals surface area contributed by atoms with Gasteiger partial charge in [-0.3, -0.25) is 33.6 Å². The number of hydrogen-bond donors (Lipinski definition) is 35. The van der Waals surface area contributed by atoms with E-state index >= 15 is 0 Å². The van der Waals surface area contributed by atoms with E-state index in [-0.39, 0.29) is 140 Å². The molecule has 0 radical (unpaired) electrons. The number of nitrogen functional groups attached to an aromatic ring is 3. The molecule has 2 aromatic heterocycles. The van der Waals surface area contributed by atoms with Crippen LogP contribution in [0, 0.1) is 11.8 Å². The lowest BCUT2D eigenvalue weighted by atomic mass is 9.95. The smallest absolute Gasteiger partial charge is 0.318 e. The van der Waals surface area contributed by atoms with Crippen molar-refractivity contribution in [3.63, 3.8) is 0 Å². The number of anilines is 6. The first kappa shape index (κ1) is 173. The van der Waals surface area contributed by atoms with Gasteiger partial charge in [-0.05, 0) is 123 Å². The third-order valence-electron chi connectivity index (χ3n) is 13.5. The Bertz CT molecular complexity index is 3380. The van der Waals surface area contributed by atoms with E-state index in [0.29, 0.717) is 16.9 Å². The van der Waals surface area contributed by atoms with Gasteiger partial charge in [-0.25, -0.2) is 14.5 Å². The molecule has 0 aliphatic carbocycles. The number of phenolic OH excluding ortho intramolecular Hbond substituents is 1. The van der Waals surface area contributed by atoms with Crippen LogP contribution in [0.25, 0.3) is 0 Å². The molecule has 4 rings (SSSR count). The monoisotopic (exact) mass is 1990 g/mol. The van der Waals surface area contributed by atoms with Crippen molar-refractivity contribution in [3.05, 3.63) is 59.7 Å².